The molecule has 0 fully saturated rings. The predicted octanol–water partition coefficient (Wildman–Crippen LogP) is 2.83. The number of nitrogens with zero attached hydrogens (tertiary/aromatic N) is 1. The van der Waals surface area contributed by atoms with E-state index in [1.165, 1.54) is 0 Å². The van der Waals surface area contributed by atoms with Crippen molar-refractivity contribution < 1.29 is 4.74 Å². The molecule has 0 aliphatic carbocycles. The highest BCUT2D eigenvalue weighted by molar-refractivity contribution is 9.10. The zero-order valence-corrected chi connectivity index (χ0v) is 11.0. The van der Waals surface area contributed by atoms with Crippen LogP contribution < -0.4 is 5.73 Å². The summed E-state index contributed by atoms with van der Waals surface area (Å²) in [7, 11) is 0. The molecule has 16 heavy (non-hydrogen) atoms. The molecule has 1 aromatic rings. The molecule has 0 spiro atoms. The van der Waals surface area contributed by atoms with Crippen LogP contribution in [-0.4, -0.2) is 18.5 Å². The van der Waals surface area contributed by atoms with E-state index >= 15 is 0 Å². The summed E-state index contributed by atoms with van der Waals surface area (Å²) in [4.78, 5) is 4.55. The average molecular weight is 283 g/mol. The van der Waals surface area contributed by atoms with Crippen LogP contribution >= 0.6 is 15.9 Å². The molecule has 4 heteroatoms. The third-order valence-electron chi connectivity index (χ3n) is 2.69. The van der Waals surface area contributed by atoms with Crippen molar-refractivity contribution in [1.29, 1.82) is 0 Å². The van der Waals surface area contributed by atoms with Crippen molar-refractivity contribution in [2.24, 2.45) is 10.9 Å². The summed E-state index contributed by atoms with van der Waals surface area (Å²) in [5, 5.41) is 0. The molecule has 0 unspecified atom stereocenters. The van der Waals surface area contributed by atoms with E-state index in [1.54, 1.807) is 0 Å². The van der Waals surface area contributed by atoms with Gasteiger partial charge in [0.1, 0.15) is 6.61 Å². The molecule has 1 aliphatic rings. The van der Waals surface area contributed by atoms with Crippen molar-refractivity contribution in [2.45, 2.75) is 19.9 Å². The molecule has 1 heterocycles. The van der Waals surface area contributed by atoms with Gasteiger partial charge in [0, 0.05) is 10.2 Å². The van der Waals surface area contributed by atoms with Crippen LogP contribution in [0.3, 0.4) is 0 Å². The minimum Gasteiger partial charge on any atom is -0.475 e. The number of hydrogen-bond donors (Lipinski definition) is 1. The van der Waals surface area contributed by atoms with Crippen molar-refractivity contribution in [1.82, 2.24) is 0 Å². The molecule has 2 N–H and O–H groups in total. The van der Waals surface area contributed by atoms with Crippen LogP contribution in [0.2, 0.25) is 0 Å². The summed E-state index contributed by atoms with van der Waals surface area (Å²) in [6.07, 6.45) is 0. The summed E-state index contributed by atoms with van der Waals surface area (Å²) >= 11 is 3.38. The highest BCUT2D eigenvalue weighted by Crippen LogP contribution is 2.23. The molecule has 1 aliphatic heterocycles. The van der Waals surface area contributed by atoms with Crippen molar-refractivity contribution in [3.63, 3.8) is 0 Å². The number of aliphatic imine (C=N–C) groups is 1. The van der Waals surface area contributed by atoms with E-state index in [0.717, 1.165) is 10.0 Å². The molecule has 2 rings (SSSR count). The normalized spacial score (nSPS) is 19.8. The second-order valence-electron chi connectivity index (χ2n) is 4.29. The number of hydrogen-bond acceptors (Lipinski definition) is 3. The first kappa shape index (κ1) is 11.5. The lowest BCUT2D eigenvalue weighted by Gasteiger charge is -2.06. The van der Waals surface area contributed by atoms with Gasteiger partial charge in [-0.25, -0.2) is 4.99 Å². The first-order valence-corrected chi connectivity index (χ1v) is 6.13. The minimum absolute atomic E-state index is 0.248. The second kappa shape index (κ2) is 4.45. The Hall–Kier alpha value is -1.03. The van der Waals surface area contributed by atoms with E-state index < -0.39 is 0 Å². The Balaban J connectivity index is 2.29. The van der Waals surface area contributed by atoms with Crippen LogP contribution in [0.1, 0.15) is 19.4 Å². The van der Waals surface area contributed by atoms with E-state index in [1.807, 2.05) is 18.2 Å². The fraction of sp³-hybridized carbons (Fsp3) is 0.417. The highest BCUT2D eigenvalue weighted by Gasteiger charge is 2.23. The maximum atomic E-state index is 5.93. The first-order chi connectivity index (χ1) is 7.58. The van der Waals surface area contributed by atoms with Crippen molar-refractivity contribution in [3.05, 3.63) is 28.2 Å². The van der Waals surface area contributed by atoms with Gasteiger partial charge in [-0.15, -0.1) is 0 Å². The predicted molar refractivity (Wildman–Crippen MR) is 69.7 cm³/mol. The molecule has 0 saturated carbocycles. The molecule has 0 bridgehead atoms. The Bertz CT molecular complexity index is 429. The van der Waals surface area contributed by atoms with E-state index in [9.17, 15) is 0 Å². The summed E-state index contributed by atoms with van der Waals surface area (Å²) < 4.78 is 6.55. The number of ether oxygens (including phenoxy) is 1. The maximum absolute atomic E-state index is 5.93. The number of benzene rings is 1. The lowest BCUT2D eigenvalue weighted by molar-refractivity contribution is 0.292. The summed E-state index contributed by atoms with van der Waals surface area (Å²) in [6, 6.07) is 5.99. The van der Waals surface area contributed by atoms with E-state index in [0.29, 0.717) is 24.1 Å². The molecule has 0 radical (unpaired) electrons. The lowest BCUT2D eigenvalue weighted by atomic mass is 10.1. The van der Waals surface area contributed by atoms with Gasteiger partial charge in [0.15, 0.2) is 0 Å². The van der Waals surface area contributed by atoms with Gasteiger partial charge in [0.2, 0.25) is 5.90 Å². The topological polar surface area (TPSA) is 47.6 Å². The Morgan fingerprint density at radius 1 is 1.50 bits per heavy atom. The van der Waals surface area contributed by atoms with Crippen molar-refractivity contribution in [3.8, 4) is 0 Å². The molecule has 1 atom stereocenters. The molecule has 1 aromatic carbocycles. The maximum Gasteiger partial charge on any atom is 0.218 e. The number of nitrogen functional groups attached to an aromatic ring is 1. The monoisotopic (exact) mass is 282 g/mol. The van der Waals surface area contributed by atoms with E-state index in [-0.39, 0.29) is 6.04 Å². The Morgan fingerprint density at radius 2 is 2.25 bits per heavy atom. The van der Waals surface area contributed by atoms with Crippen LogP contribution in [-0.2, 0) is 4.74 Å². The number of halogens is 1. The van der Waals surface area contributed by atoms with Gasteiger partial charge in [0.05, 0.1) is 11.6 Å². The molecule has 86 valence electrons. The summed E-state index contributed by atoms with van der Waals surface area (Å²) in [5.74, 6) is 1.16. The third kappa shape index (κ3) is 2.21. The molecule has 0 saturated heterocycles. The van der Waals surface area contributed by atoms with Crippen molar-refractivity contribution >= 4 is 27.5 Å². The van der Waals surface area contributed by atoms with Gasteiger partial charge in [-0.3, -0.25) is 0 Å². The Labute approximate surface area is 104 Å². The number of anilines is 1. The van der Waals surface area contributed by atoms with Gasteiger partial charge in [-0.1, -0.05) is 29.8 Å². The quantitative estimate of drug-likeness (QED) is 0.848. The Morgan fingerprint density at radius 3 is 2.81 bits per heavy atom. The second-order valence-corrected chi connectivity index (χ2v) is 5.20. The molecular formula is C12H15BrN2O. The zero-order chi connectivity index (χ0) is 11.7. The van der Waals surface area contributed by atoms with Crippen LogP contribution in [0.25, 0.3) is 0 Å². The highest BCUT2D eigenvalue weighted by atomic mass is 79.9. The average Bonchev–Trinajstić information content (AvgIpc) is 2.66. The fourth-order valence-electron chi connectivity index (χ4n) is 1.61. The van der Waals surface area contributed by atoms with Crippen LogP contribution in [0.15, 0.2) is 27.7 Å². The number of rotatable bonds is 2. The lowest BCUT2D eigenvalue weighted by Crippen LogP contribution is -2.13. The number of nitrogens with two attached hydrogens (primary N) is 1. The first-order valence-electron chi connectivity index (χ1n) is 5.34. The van der Waals surface area contributed by atoms with Gasteiger partial charge in [0.25, 0.3) is 0 Å². The van der Waals surface area contributed by atoms with Gasteiger partial charge in [-0.05, 0) is 24.1 Å². The zero-order valence-electron chi connectivity index (χ0n) is 9.40. The van der Waals surface area contributed by atoms with Crippen LogP contribution in [0.5, 0.6) is 0 Å². The van der Waals surface area contributed by atoms with E-state index in [4.69, 9.17) is 10.5 Å². The van der Waals surface area contributed by atoms with Crippen LogP contribution in [0, 0.1) is 5.92 Å². The molecule has 0 aromatic heterocycles. The fourth-order valence-corrected chi connectivity index (χ4v) is 1.99. The van der Waals surface area contributed by atoms with Gasteiger partial charge in [-0.2, -0.15) is 0 Å². The molecule has 0 amide bonds. The van der Waals surface area contributed by atoms with Gasteiger partial charge < -0.3 is 10.5 Å². The largest absolute Gasteiger partial charge is 0.475 e. The standard InChI is InChI=1S/C12H15BrN2O/c1-7(2)11-6-16-12(15-11)9-4-3-8(13)5-10(9)14/h3-5,7,11H,6,14H2,1-2H3/t11-/m0/s1. The molecular weight excluding hydrogens is 268 g/mol. The van der Waals surface area contributed by atoms with Gasteiger partial charge >= 0.3 is 0 Å². The van der Waals surface area contributed by atoms with Crippen LogP contribution in [0.4, 0.5) is 5.69 Å². The minimum atomic E-state index is 0.248. The Kier molecular flexibility index (Phi) is 3.19. The molecule has 3 nitrogen and oxygen atoms in total. The summed E-state index contributed by atoms with van der Waals surface area (Å²) in [5.41, 5.74) is 7.50. The van der Waals surface area contributed by atoms with Crippen molar-refractivity contribution in [2.75, 3.05) is 12.3 Å². The smallest absolute Gasteiger partial charge is 0.218 e. The van der Waals surface area contributed by atoms with E-state index in [2.05, 4.69) is 34.8 Å². The summed E-state index contributed by atoms with van der Waals surface area (Å²) in [6.45, 7) is 4.94. The SMILES string of the molecule is CC(C)[C@@H]1COC(c2ccc(Br)cc2N)=N1. The third-order valence-corrected chi connectivity index (χ3v) is 3.18.